The van der Waals surface area contributed by atoms with Gasteiger partial charge in [-0.3, -0.25) is 4.79 Å². The van der Waals surface area contributed by atoms with E-state index in [2.05, 4.69) is 23.5 Å². The fourth-order valence-corrected chi connectivity index (χ4v) is 2.49. The van der Waals surface area contributed by atoms with Crippen LogP contribution in [0.3, 0.4) is 0 Å². The van der Waals surface area contributed by atoms with Crippen molar-refractivity contribution in [2.45, 2.75) is 13.5 Å². The Balaban J connectivity index is 2.33. The fourth-order valence-electron chi connectivity index (χ4n) is 2.49. The second kappa shape index (κ2) is 9.28. The predicted molar refractivity (Wildman–Crippen MR) is 108 cm³/mol. The predicted octanol–water partition coefficient (Wildman–Crippen LogP) is 3.10. The summed E-state index contributed by atoms with van der Waals surface area (Å²) in [6.45, 7) is 9.68. The van der Waals surface area contributed by atoms with Crippen molar-refractivity contribution >= 4 is 23.2 Å². The highest BCUT2D eigenvalue weighted by molar-refractivity contribution is 5.86. The Morgan fingerprint density at radius 2 is 2.04 bits per heavy atom. The summed E-state index contributed by atoms with van der Waals surface area (Å²) in [6, 6.07) is 7.45. The summed E-state index contributed by atoms with van der Waals surface area (Å²) in [5.74, 6) is 0.384. The van der Waals surface area contributed by atoms with E-state index in [0.29, 0.717) is 24.6 Å². The van der Waals surface area contributed by atoms with E-state index in [-0.39, 0.29) is 18.4 Å². The Hall–Kier alpha value is -3.48. The van der Waals surface area contributed by atoms with Gasteiger partial charge in [-0.2, -0.15) is 0 Å². The molecule has 1 aromatic carbocycles. The number of benzene rings is 1. The Morgan fingerprint density at radius 1 is 1.26 bits per heavy atom. The van der Waals surface area contributed by atoms with Crippen molar-refractivity contribution < 1.29 is 14.3 Å². The first kappa shape index (κ1) is 19.8. The number of ether oxygens (including phenoxy) is 2. The molecular weight excluding hydrogens is 344 g/mol. The van der Waals surface area contributed by atoms with Crippen LogP contribution in [0.25, 0.3) is 11.1 Å². The Bertz CT molecular complexity index is 849. The fraction of sp³-hybridized carbons (Fsp3) is 0.200. The average molecular weight is 368 g/mol. The number of anilines is 3. The summed E-state index contributed by atoms with van der Waals surface area (Å²) in [5, 5.41) is 3.28. The van der Waals surface area contributed by atoms with Crippen molar-refractivity contribution in [1.82, 2.24) is 4.98 Å². The van der Waals surface area contributed by atoms with Gasteiger partial charge in [-0.1, -0.05) is 25.3 Å². The van der Waals surface area contributed by atoms with Gasteiger partial charge in [0.15, 0.2) is 0 Å². The number of hydrogen-bond acceptors (Lipinski definition) is 7. The first-order chi connectivity index (χ1) is 12.9. The van der Waals surface area contributed by atoms with E-state index < -0.39 is 0 Å². The van der Waals surface area contributed by atoms with Crippen LogP contribution < -0.4 is 16.8 Å². The number of nitrogens with two attached hydrogens (primary N) is 2. The molecule has 0 amide bonds. The normalized spacial score (nSPS) is 10.1. The number of carbonyl (C=O) groups excluding carboxylic acids is 1. The van der Waals surface area contributed by atoms with Crippen molar-refractivity contribution in [1.29, 1.82) is 0 Å². The van der Waals surface area contributed by atoms with Gasteiger partial charge < -0.3 is 26.3 Å². The Morgan fingerprint density at radius 3 is 2.74 bits per heavy atom. The maximum absolute atomic E-state index is 11.3. The molecule has 0 saturated heterocycles. The summed E-state index contributed by atoms with van der Waals surface area (Å²) < 4.78 is 10.6. The average Bonchev–Trinajstić information content (AvgIpc) is 2.65. The van der Waals surface area contributed by atoms with Crippen molar-refractivity contribution in [2.24, 2.45) is 0 Å². The first-order valence-corrected chi connectivity index (χ1v) is 8.37. The van der Waals surface area contributed by atoms with Crippen LogP contribution in [-0.2, 0) is 20.9 Å². The van der Waals surface area contributed by atoms with Gasteiger partial charge in [-0.05, 0) is 23.8 Å². The van der Waals surface area contributed by atoms with Crippen molar-refractivity contribution in [3.05, 3.63) is 61.0 Å². The molecule has 0 aliphatic rings. The molecule has 0 fully saturated rings. The van der Waals surface area contributed by atoms with E-state index in [1.165, 1.54) is 6.92 Å². The van der Waals surface area contributed by atoms with Crippen LogP contribution in [0.1, 0.15) is 12.5 Å². The van der Waals surface area contributed by atoms with Crippen molar-refractivity contribution in [2.75, 3.05) is 29.9 Å². The van der Waals surface area contributed by atoms with Gasteiger partial charge in [-0.25, -0.2) is 4.98 Å². The van der Waals surface area contributed by atoms with Crippen LogP contribution in [0.4, 0.5) is 17.2 Å². The van der Waals surface area contributed by atoms with Crippen LogP contribution in [0.5, 0.6) is 0 Å². The standard InChI is InChI=1S/C20H24N4O3/c1-4-13(2)26-11-10-23-18-7-5-6-15(17(18)12-27-14(3)25)16-8-9-24-20(22)19(16)21/h4-9,23H,1-2,10-12,21H2,3H3,(H2,22,24). The quantitative estimate of drug-likeness (QED) is 0.270. The summed E-state index contributed by atoms with van der Waals surface area (Å²) >= 11 is 0. The summed E-state index contributed by atoms with van der Waals surface area (Å²) in [5.41, 5.74) is 15.4. The molecule has 2 rings (SSSR count). The summed E-state index contributed by atoms with van der Waals surface area (Å²) in [6.07, 6.45) is 3.13. The molecule has 1 heterocycles. The van der Waals surface area contributed by atoms with Crippen LogP contribution in [0, 0.1) is 0 Å². The van der Waals surface area contributed by atoms with E-state index in [4.69, 9.17) is 20.9 Å². The number of aromatic nitrogens is 1. The number of rotatable bonds is 9. The van der Waals surface area contributed by atoms with Gasteiger partial charge in [0, 0.05) is 36.5 Å². The van der Waals surface area contributed by atoms with Gasteiger partial charge in [-0.15, -0.1) is 0 Å². The number of nitrogens with zero attached hydrogens (tertiary/aromatic N) is 1. The molecule has 27 heavy (non-hydrogen) atoms. The first-order valence-electron chi connectivity index (χ1n) is 8.37. The van der Waals surface area contributed by atoms with Crippen molar-refractivity contribution in [3.8, 4) is 11.1 Å². The third-order valence-electron chi connectivity index (χ3n) is 3.84. The molecule has 1 aromatic heterocycles. The third-order valence-corrected chi connectivity index (χ3v) is 3.84. The molecule has 142 valence electrons. The zero-order valence-electron chi connectivity index (χ0n) is 15.3. The van der Waals surface area contributed by atoms with Gasteiger partial charge in [0.2, 0.25) is 0 Å². The molecule has 7 heteroatoms. The minimum atomic E-state index is -0.372. The highest BCUT2D eigenvalue weighted by Crippen LogP contribution is 2.35. The third kappa shape index (κ3) is 5.24. The summed E-state index contributed by atoms with van der Waals surface area (Å²) in [7, 11) is 0. The van der Waals surface area contributed by atoms with E-state index in [1.807, 2.05) is 18.2 Å². The van der Waals surface area contributed by atoms with E-state index >= 15 is 0 Å². The molecule has 0 aliphatic carbocycles. The van der Waals surface area contributed by atoms with Crippen LogP contribution in [0.15, 0.2) is 55.5 Å². The lowest BCUT2D eigenvalue weighted by Crippen LogP contribution is -2.12. The molecule has 5 N–H and O–H groups in total. The second-order valence-corrected chi connectivity index (χ2v) is 5.72. The molecule has 0 unspecified atom stereocenters. The van der Waals surface area contributed by atoms with Gasteiger partial charge in [0.25, 0.3) is 0 Å². The van der Waals surface area contributed by atoms with Gasteiger partial charge in [0.05, 0.1) is 5.69 Å². The largest absolute Gasteiger partial charge is 0.492 e. The van der Waals surface area contributed by atoms with Crippen molar-refractivity contribution in [3.63, 3.8) is 0 Å². The zero-order chi connectivity index (χ0) is 19.8. The number of nitrogen functional groups attached to an aromatic ring is 2. The molecule has 0 spiro atoms. The number of hydrogen-bond donors (Lipinski definition) is 3. The van der Waals surface area contributed by atoms with E-state index in [1.54, 1.807) is 18.3 Å². The second-order valence-electron chi connectivity index (χ2n) is 5.72. The minimum absolute atomic E-state index is 0.0930. The smallest absolute Gasteiger partial charge is 0.302 e. The lowest BCUT2D eigenvalue weighted by atomic mass is 9.97. The van der Waals surface area contributed by atoms with Gasteiger partial charge >= 0.3 is 5.97 Å². The highest BCUT2D eigenvalue weighted by atomic mass is 16.5. The molecule has 7 nitrogen and oxygen atoms in total. The SMILES string of the molecule is C=CC(=C)OCCNc1cccc(-c2ccnc(N)c2N)c1COC(C)=O. The maximum Gasteiger partial charge on any atom is 0.302 e. The van der Waals surface area contributed by atoms with Crippen LogP contribution >= 0.6 is 0 Å². The molecule has 0 atom stereocenters. The number of allylic oxidation sites excluding steroid dienone is 1. The van der Waals surface area contributed by atoms with Crippen LogP contribution in [0.2, 0.25) is 0 Å². The molecule has 0 bridgehead atoms. The monoisotopic (exact) mass is 368 g/mol. The lowest BCUT2D eigenvalue weighted by Gasteiger charge is -2.18. The zero-order valence-corrected chi connectivity index (χ0v) is 15.3. The van der Waals surface area contributed by atoms with Gasteiger partial charge in [0.1, 0.15) is 24.8 Å². The van der Waals surface area contributed by atoms with Crippen LogP contribution in [-0.4, -0.2) is 24.1 Å². The highest BCUT2D eigenvalue weighted by Gasteiger charge is 2.15. The van der Waals surface area contributed by atoms with E-state index in [9.17, 15) is 4.79 Å². The maximum atomic E-state index is 11.3. The van der Waals surface area contributed by atoms with E-state index in [0.717, 1.165) is 22.4 Å². The molecule has 0 aliphatic heterocycles. The molecule has 0 radical (unpaired) electrons. The molecule has 2 aromatic rings. The summed E-state index contributed by atoms with van der Waals surface area (Å²) in [4.78, 5) is 15.3. The Labute approximate surface area is 158 Å². The minimum Gasteiger partial charge on any atom is -0.492 e. The number of esters is 1. The topological polar surface area (TPSA) is 112 Å². The molecular formula is C20H24N4O3. The lowest BCUT2D eigenvalue weighted by molar-refractivity contribution is -0.142. The Kier molecular flexibility index (Phi) is 6.82. The number of nitrogens with one attached hydrogen (secondary N) is 1. The number of pyridine rings is 1. The molecule has 0 saturated carbocycles. The number of carbonyl (C=O) groups is 1.